The Labute approximate surface area is 197 Å². The smallest absolute Gasteiger partial charge is 0.254 e. The molecule has 0 saturated carbocycles. The van der Waals surface area contributed by atoms with E-state index >= 15 is 0 Å². The summed E-state index contributed by atoms with van der Waals surface area (Å²) in [6.07, 6.45) is 3.77. The lowest BCUT2D eigenvalue weighted by Gasteiger charge is -2.26. The van der Waals surface area contributed by atoms with Crippen LogP contribution >= 0.6 is 0 Å². The number of benzene rings is 2. The first-order chi connectivity index (χ1) is 15.8. The number of nitrogens with zero attached hydrogens (tertiary/aromatic N) is 3. The number of rotatable bonds is 8. The molecule has 0 N–H and O–H groups in total. The van der Waals surface area contributed by atoms with Crippen LogP contribution in [0, 0.1) is 0 Å². The minimum Gasteiger partial charge on any atom is -0.378 e. The van der Waals surface area contributed by atoms with Crippen molar-refractivity contribution in [3.8, 4) is 0 Å². The van der Waals surface area contributed by atoms with Gasteiger partial charge in [-0.05, 0) is 67.6 Å². The first kappa shape index (κ1) is 23.7. The molecule has 0 spiro atoms. The van der Waals surface area contributed by atoms with E-state index in [2.05, 4.69) is 0 Å². The molecule has 2 heterocycles. The van der Waals surface area contributed by atoms with Crippen LogP contribution in [0.15, 0.2) is 53.4 Å². The predicted molar refractivity (Wildman–Crippen MR) is 129 cm³/mol. The zero-order chi connectivity index (χ0) is 23.4. The largest absolute Gasteiger partial charge is 0.378 e. The van der Waals surface area contributed by atoms with Crippen molar-refractivity contribution in [1.29, 1.82) is 0 Å². The minimum absolute atomic E-state index is 0.0322. The molecule has 0 aliphatic carbocycles. The van der Waals surface area contributed by atoms with Crippen molar-refractivity contribution in [3.63, 3.8) is 0 Å². The van der Waals surface area contributed by atoms with Crippen molar-refractivity contribution in [1.82, 2.24) is 9.21 Å². The van der Waals surface area contributed by atoms with E-state index in [9.17, 15) is 13.2 Å². The molecule has 0 bridgehead atoms. The molecule has 2 aromatic carbocycles. The van der Waals surface area contributed by atoms with Gasteiger partial charge in [-0.25, -0.2) is 8.42 Å². The normalized spacial score (nSPS) is 19.0. The summed E-state index contributed by atoms with van der Waals surface area (Å²) in [5, 5.41) is 0. The van der Waals surface area contributed by atoms with Crippen molar-refractivity contribution < 1.29 is 17.9 Å². The number of sulfonamides is 1. The Morgan fingerprint density at radius 3 is 2.24 bits per heavy atom. The van der Waals surface area contributed by atoms with Gasteiger partial charge < -0.3 is 14.5 Å². The fourth-order valence-electron chi connectivity index (χ4n) is 4.40. The quantitative estimate of drug-likeness (QED) is 0.591. The summed E-state index contributed by atoms with van der Waals surface area (Å²) in [5.41, 5.74) is 2.63. The number of ether oxygens (including phenoxy) is 1. The monoisotopic (exact) mass is 471 g/mol. The van der Waals surface area contributed by atoms with E-state index in [1.165, 1.54) is 4.31 Å². The molecule has 0 unspecified atom stereocenters. The van der Waals surface area contributed by atoms with E-state index in [1.54, 1.807) is 24.3 Å². The van der Waals surface area contributed by atoms with Crippen LogP contribution in [0.1, 0.15) is 41.6 Å². The minimum atomic E-state index is -3.50. The molecule has 2 aliphatic rings. The van der Waals surface area contributed by atoms with Crippen molar-refractivity contribution in [2.45, 2.75) is 43.2 Å². The second-order valence-electron chi connectivity index (χ2n) is 9.02. The van der Waals surface area contributed by atoms with Gasteiger partial charge in [-0.1, -0.05) is 12.1 Å². The van der Waals surface area contributed by atoms with Gasteiger partial charge in [0.15, 0.2) is 0 Å². The molecular weight excluding hydrogens is 438 g/mol. The Kier molecular flexibility index (Phi) is 7.36. The van der Waals surface area contributed by atoms with E-state index in [1.807, 2.05) is 48.2 Å². The first-order valence-electron chi connectivity index (χ1n) is 11.6. The molecule has 7 nitrogen and oxygen atoms in total. The average molecular weight is 472 g/mol. The average Bonchev–Trinajstić information content (AvgIpc) is 3.53. The summed E-state index contributed by atoms with van der Waals surface area (Å²) in [4.78, 5) is 17.5. The zero-order valence-corrected chi connectivity index (χ0v) is 20.3. The molecule has 178 valence electrons. The van der Waals surface area contributed by atoms with E-state index in [-0.39, 0.29) is 16.9 Å². The number of hydrogen-bond donors (Lipinski definition) is 0. The molecule has 2 aliphatic heterocycles. The highest BCUT2D eigenvalue weighted by Gasteiger charge is 2.28. The Morgan fingerprint density at radius 2 is 1.67 bits per heavy atom. The highest BCUT2D eigenvalue weighted by Crippen LogP contribution is 2.23. The van der Waals surface area contributed by atoms with E-state index in [4.69, 9.17) is 4.74 Å². The third-order valence-corrected chi connectivity index (χ3v) is 8.28. The molecule has 2 saturated heterocycles. The van der Waals surface area contributed by atoms with E-state index in [0.29, 0.717) is 31.7 Å². The van der Waals surface area contributed by atoms with Crippen LogP contribution in [0.25, 0.3) is 0 Å². The maximum absolute atomic E-state index is 13.4. The van der Waals surface area contributed by atoms with Crippen LogP contribution in [0.2, 0.25) is 0 Å². The molecule has 1 atom stereocenters. The second-order valence-corrected chi connectivity index (χ2v) is 11.0. The topological polar surface area (TPSA) is 70.2 Å². The predicted octanol–water partition coefficient (Wildman–Crippen LogP) is 3.36. The molecular formula is C25H33N3O4S. The summed E-state index contributed by atoms with van der Waals surface area (Å²) in [6.45, 7) is 2.84. The van der Waals surface area contributed by atoms with Gasteiger partial charge in [-0.15, -0.1) is 0 Å². The fourth-order valence-corrected chi connectivity index (χ4v) is 5.92. The van der Waals surface area contributed by atoms with Gasteiger partial charge >= 0.3 is 0 Å². The van der Waals surface area contributed by atoms with Gasteiger partial charge in [0.1, 0.15) is 0 Å². The van der Waals surface area contributed by atoms with Gasteiger partial charge in [-0.2, -0.15) is 4.31 Å². The van der Waals surface area contributed by atoms with Gasteiger partial charge in [0.05, 0.1) is 11.0 Å². The lowest BCUT2D eigenvalue weighted by atomic mass is 10.1. The summed E-state index contributed by atoms with van der Waals surface area (Å²) >= 11 is 0. The first-order valence-corrected chi connectivity index (χ1v) is 13.1. The lowest BCUT2D eigenvalue weighted by molar-refractivity contribution is 0.0507. The molecule has 2 aromatic rings. The van der Waals surface area contributed by atoms with Crippen LogP contribution in [0.5, 0.6) is 0 Å². The Hall–Kier alpha value is -2.42. The second kappa shape index (κ2) is 10.2. The Balaban J connectivity index is 1.52. The third-order valence-electron chi connectivity index (χ3n) is 6.37. The Morgan fingerprint density at radius 1 is 1.00 bits per heavy atom. The Bertz CT molecular complexity index is 1040. The summed E-state index contributed by atoms with van der Waals surface area (Å²) in [6, 6.07) is 14.5. The maximum atomic E-state index is 13.4. The van der Waals surface area contributed by atoms with Crippen molar-refractivity contribution in [2.24, 2.45) is 0 Å². The molecule has 33 heavy (non-hydrogen) atoms. The molecule has 0 radical (unpaired) electrons. The van der Waals surface area contributed by atoms with E-state index in [0.717, 1.165) is 43.5 Å². The van der Waals surface area contributed by atoms with Crippen LogP contribution < -0.4 is 4.90 Å². The maximum Gasteiger partial charge on any atom is 0.254 e. The highest BCUT2D eigenvalue weighted by molar-refractivity contribution is 7.89. The van der Waals surface area contributed by atoms with Gasteiger partial charge in [0.2, 0.25) is 10.0 Å². The van der Waals surface area contributed by atoms with Crippen molar-refractivity contribution >= 4 is 21.6 Å². The molecule has 2 fully saturated rings. The number of anilines is 1. The van der Waals surface area contributed by atoms with Crippen LogP contribution in [-0.2, 0) is 21.3 Å². The number of amides is 1. The van der Waals surface area contributed by atoms with E-state index < -0.39 is 10.0 Å². The van der Waals surface area contributed by atoms with Gasteiger partial charge in [0, 0.05) is 58.1 Å². The molecule has 8 heteroatoms. The summed E-state index contributed by atoms with van der Waals surface area (Å²) in [7, 11) is 0.496. The summed E-state index contributed by atoms with van der Waals surface area (Å²) < 4.78 is 32.9. The summed E-state index contributed by atoms with van der Waals surface area (Å²) in [5.74, 6) is -0.118. The lowest BCUT2D eigenvalue weighted by Crippen LogP contribution is -2.37. The number of carbonyl (C=O) groups is 1. The van der Waals surface area contributed by atoms with Crippen molar-refractivity contribution in [3.05, 3.63) is 59.7 Å². The van der Waals surface area contributed by atoms with Gasteiger partial charge in [-0.3, -0.25) is 4.79 Å². The standard InChI is InChI=1S/C25H33N3O4S/c1-26(2)22-11-7-20(8-12-22)18-27(19-23-6-5-17-32-23)25(29)21-9-13-24(14-10-21)33(30,31)28-15-3-4-16-28/h7-14,23H,3-6,15-19H2,1-2H3/t23-/m1/s1. The highest BCUT2D eigenvalue weighted by atomic mass is 32.2. The van der Waals surface area contributed by atoms with Crippen molar-refractivity contribution in [2.75, 3.05) is 45.2 Å². The van der Waals surface area contributed by atoms with Gasteiger partial charge in [0.25, 0.3) is 5.91 Å². The van der Waals surface area contributed by atoms with Crippen LogP contribution in [0.4, 0.5) is 5.69 Å². The molecule has 1 amide bonds. The van der Waals surface area contributed by atoms with Crippen LogP contribution in [0.3, 0.4) is 0 Å². The fraction of sp³-hybridized carbons (Fsp3) is 0.480. The molecule has 0 aromatic heterocycles. The zero-order valence-electron chi connectivity index (χ0n) is 19.4. The third kappa shape index (κ3) is 5.57. The SMILES string of the molecule is CN(C)c1ccc(CN(C[C@H]2CCCO2)C(=O)c2ccc(S(=O)(=O)N3CCCC3)cc2)cc1. The number of carbonyl (C=O) groups excluding carboxylic acids is 1. The van der Waals surface area contributed by atoms with Crippen LogP contribution in [-0.4, -0.2) is 70.0 Å². The molecule has 4 rings (SSSR count). The number of hydrogen-bond acceptors (Lipinski definition) is 5.